The fourth-order valence-electron chi connectivity index (χ4n) is 3.65. The van der Waals surface area contributed by atoms with E-state index < -0.39 is 0 Å². The number of nitrogens with zero attached hydrogens (tertiary/aromatic N) is 4. The Balaban J connectivity index is 1.75. The third-order valence-corrected chi connectivity index (χ3v) is 5.38. The molecule has 0 amide bonds. The monoisotopic (exact) mass is 381 g/mol. The number of hydrogen-bond acceptors (Lipinski definition) is 4. The summed E-state index contributed by atoms with van der Waals surface area (Å²) in [6.07, 6.45) is 1.95. The summed E-state index contributed by atoms with van der Waals surface area (Å²) in [5.74, 6) is 0.844. The lowest BCUT2D eigenvalue weighted by Gasteiger charge is -2.15. The van der Waals surface area contributed by atoms with Gasteiger partial charge in [-0.05, 0) is 65.8 Å². The first-order chi connectivity index (χ1) is 13.3. The highest BCUT2D eigenvalue weighted by atomic mass is 16.5. The van der Waals surface area contributed by atoms with Crippen molar-refractivity contribution in [2.24, 2.45) is 0 Å². The third-order valence-electron chi connectivity index (χ3n) is 5.38. The molecular weight excluding hydrogens is 350 g/mol. The van der Waals surface area contributed by atoms with Gasteiger partial charge in [0.2, 0.25) is 0 Å². The number of methoxy groups -OCH3 is 1. The molecule has 0 aliphatic rings. The van der Waals surface area contributed by atoms with Crippen LogP contribution in [0.15, 0.2) is 30.5 Å². The summed E-state index contributed by atoms with van der Waals surface area (Å²) in [5, 5.41) is 12.9. The number of benzene rings is 1. The summed E-state index contributed by atoms with van der Waals surface area (Å²) < 4.78 is 9.32. The van der Waals surface area contributed by atoms with Crippen molar-refractivity contribution in [2.45, 2.75) is 60.2 Å². The maximum absolute atomic E-state index is 5.24. The maximum Gasteiger partial charge on any atom is 0.119 e. The smallest absolute Gasteiger partial charge is 0.119 e. The Labute approximate surface area is 167 Å². The van der Waals surface area contributed by atoms with Crippen molar-refractivity contribution in [2.75, 3.05) is 7.11 Å². The Morgan fingerprint density at radius 2 is 1.71 bits per heavy atom. The Morgan fingerprint density at radius 3 is 2.29 bits per heavy atom. The van der Waals surface area contributed by atoms with Crippen LogP contribution in [0, 0.1) is 20.8 Å². The van der Waals surface area contributed by atoms with Crippen LogP contribution in [0.1, 0.15) is 61.1 Å². The van der Waals surface area contributed by atoms with Crippen molar-refractivity contribution >= 4 is 0 Å². The average molecular weight is 382 g/mol. The fraction of sp³-hybridized carbons (Fsp3) is 0.455. The van der Waals surface area contributed by atoms with Gasteiger partial charge in [-0.25, -0.2) is 4.68 Å². The zero-order valence-corrected chi connectivity index (χ0v) is 17.9. The maximum atomic E-state index is 5.24. The SMILES string of the molecule is COc1ccc(-n2ncc([C@H](C)NCc3c(C)nn(C(C)C)c3C)c2C)cc1. The molecule has 0 fully saturated rings. The van der Waals surface area contributed by atoms with Gasteiger partial charge in [0, 0.05) is 41.1 Å². The molecule has 0 saturated heterocycles. The van der Waals surface area contributed by atoms with Crippen LogP contribution in [-0.2, 0) is 6.54 Å². The molecule has 0 unspecified atom stereocenters. The van der Waals surface area contributed by atoms with Gasteiger partial charge < -0.3 is 10.1 Å². The first kappa shape index (κ1) is 20.1. The molecule has 3 rings (SSSR count). The first-order valence-electron chi connectivity index (χ1n) is 9.80. The second-order valence-corrected chi connectivity index (χ2v) is 7.59. The molecule has 1 aromatic carbocycles. The molecule has 1 N–H and O–H groups in total. The van der Waals surface area contributed by atoms with Crippen LogP contribution in [0.25, 0.3) is 5.69 Å². The van der Waals surface area contributed by atoms with Crippen LogP contribution >= 0.6 is 0 Å². The van der Waals surface area contributed by atoms with Crippen LogP contribution in [0.2, 0.25) is 0 Å². The Kier molecular flexibility index (Phi) is 5.89. The molecule has 3 aromatic rings. The summed E-state index contributed by atoms with van der Waals surface area (Å²) in [7, 11) is 1.67. The van der Waals surface area contributed by atoms with Crippen LogP contribution in [-0.4, -0.2) is 26.7 Å². The molecule has 150 valence electrons. The quantitative estimate of drug-likeness (QED) is 0.658. The van der Waals surface area contributed by atoms with E-state index in [9.17, 15) is 0 Å². The molecule has 6 heteroatoms. The predicted octanol–water partition coefficient (Wildman–Crippen LogP) is 4.43. The van der Waals surface area contributed by atoms with E-state index in [1.54, 1.807) is 7.11 Å². The second kappa shape index (κ2) is 8.19. The van der Waals surface area contributed by atoms with Gasteiger partial charge in [-0.3, -0.25) is 4.68 Å². The van der Waals surface area contributed by atoms with Gasteiger partial charge in [-0.1, -0.05) is 0 Å². The molecule has 0 bridgehead atoms. The van der Waals surface area contributed by atoms with Crippen molar-refractivity contribution in [3.8, 4) is 11.4 Å². The van der Waals surface area contributed by atoms with Gasteiger partial charge in [0.25, 0.3) is 0 Å². The zero-order valence-electron chi connectivity index (χ0n) is 17.9. The lowest BCUT2D eigenvalue weighted by molar-refractivity contribution is 0.414. The van der Waals surface area contributed by atoms with Gasteiger partial charge in [-0.2, -0.15) is 10.2 Å². The van der Waals surface area contributed by atoms with E-state index >= 15 is 0 Å². The van der Waals surface area contributed by atoms with Gasteiger partial charge in [-0.15, -0.1) is 0 Å². The molecule has 28 heavy (non-hydrogen) atoms. The van der Waals surface area contributed by atoms with Gasteiger partial charge in [0.1, 0.15) is 5.75 Å². The van der Waals surface area contributed by atoms with E-state index in [0.717, 1.165) is 29.4 Å². The van der Waals surface area contributed by atoms with Crippen LogP contribution in [0.4, 0.5) is 0 Å². The molecule has 0 saturated carbocycles. The Morgan fingerprint density at radius 1 is 1.04 bits per heavy atom. The Hall–Kier alpha value is -2.60. The summed E-state index contributed by atoms with van der Waals surface area (Å²) in [6, 6.07) is 8.51. The van der Waals surface area contributed by atoms with E-state index in [2.05, 4.69) is 61.7 Å². The molecule has 0 spiro atoms. The van der Waals surface area contributed by atoms with Crippen molar-refractivity contribution < 1.29 is 4.74 Å². The van der Waals surface area contributed by atoms with Crippen molar-refractivity contribution in [3.05, 3.63) is 58.7 Å². The van der Waals surface area contributed by atoms with E-state index in [4.69, 9.17) is 4.74 Å². The third kappa shape index (κ3) is 3.83. The number of hydrogen-bond donors (Lipinski definition) is 1. The normalized spacial score (nSPS) is 12.6. The number of ether oxygens (including phenoxy) is 1. The molecular formula is C22H31N5O. The molecule has 0 aliphatic heterocycles. The van der Waals surface area contributed by atoms with Crippen LogP contribution in [0.3, 0.4) is 0 Å². The van der Waals surface area contributed by atoms with Gasteiger partial charge in [0.15, 0.2) is 0 Å². The van der Waals surface area contributed by atoms with E-state index in [1.807, 2.05) is 35.1 Å². The van der Waals surface area contributed by atoms with Crippen molar-refractivity contribution in [3.63, 3.8) is 0 Å². The first-order valence-corrected chi connectivity index (χ1v) is 9.80. The molecule has 2 heterocycles. The summed E-state index contributed by atoms with van der Waals surface area (Å²) in [4.78, 5) is 0. The summed E-state index contributed by atoms with van der Waals surface area (Å²) >= 11 is 0. The van der Waals surface area contributed by atoms with Crippen molar-refractivity contribution in [1.29, 1.82) is 0 Å². The second-order valence-electron chi connectivity index (χ2n) is 7.59. The largest absolute Gasteiger partial charge is 0.497 e. The number of nitrogens with one attached hydrogen (secondary N) is 1. The minimum absolute atomic E-state index is 0.188. The van der Waals surface area contributed by atoms with E-state index in [-0.39, 0.29) is 6.04 Å². The van der Waals surface area contributed by atoms with Crippen molar-refractivity contribution in [1.82, 2.24) is 24.9 Å². The summed E-state index contributed by atoms with van der Waals surface area (Å²) in [6.45, 7) is 13.6. The highest BCUT2D eigenvalue weighted by molar-refractivity contribution is 5.39. The van der Waals surface area contributed by atoms with E-state index in [0.29, 0.717) is 6.04 Å². The highest BCUT2D eigenvalue weighted by Gasteiger charge is 2.17. The molecule has 0 radical (unpaired) electrons. The van der Waals surface area contributed by atoms with Crippen LogP contribution in [0.5, 0.6) is 5.75 Å². The number of rotatable bonds is 7. The molecule has 2 aromatic heterocycles. The standard InChI is InChI=1S/C22H31N5O/c1-14(2)26-17(5)21(16(4)25-26)12-23-15(3)22-13-24-27(18(22)6)19-8-10-20(28-7)11-9-19/h8-11,13-15,23H,12H2,1-7H3/t15-/m0/s1. The number of aromatic nitrogens is 4. The molecule has 0 aliphatic carbocycles. The lowest BCUT2D eigenvalue weighted by Crippen LogP contribution is -2.19. The minimum atomic E-state index is 0.188. The average Bonchev–Trinajstić information content (AvgIpc) is 3.20. The topological polar surface area (TPSA) is 56.9 Å². The fourth-order valence-corrected chi connectivity index (χ4v) is 3.65. The highest BCUT2D eigenvalue weighted by Crippen LogP contribution is 2.23. The molecule has 6 nitrogen and oxygen atoms in total. The van der Waals surface area contributed by atoms with Gasteiger partial charge in [0.05, 0.1) is 24.7 Å². The predicted molar refractivity (Wildman–Crippen MR) is 112 cm³/mol. The van der Waals surface area contributed by atoms with Gasteiger partial charge >= 0.3 is 0 Å². The lowest BCUT2D eigenvalue weighted by atomic mass is 10.1. The zero-order chi connectivity index (χ0) is 20.4. The van der Waals surface area contributed by atoms with Crippen LogP contribution < -0.4 is 10.1 Å². The summed E-state index contributed by atoms with van der Waals surface area (Å²) in [5.41, 5.74) is 6.97. The van der Waals surface area contributed by atoms with E-state index in [1.165, 1.54) is 16.8 Å². The molecule has 1 atom stereocenters. The number of aryl methyl sites for hydroxylation is 1. The minimum Gasteiger partial charge on any atom is -0.497 e. The Bertz CT molecular complexity index is 937.